The van der Waals surface area contributed by atoms with Gasteiger partial charge in [0.1, 0.15) is 18.2 Å². The molecule has 0 spiro atoms. The van der Waals surface area contributed by atoms with Gasteiger partial charge < -0.3 is 6.15 Å². The number of nitriles is 3. The highest BCUT2D eigenvalue weighted by atomic mass is 14.4. The van der Waals surface area contributed by atoms with E-state index in [0.29, 0.717) is 0 Å². The SMILES string of the molecule is CCC(C#N)(C#N)C#N.N. The Morgan fingerprint density at radius 3 is 1.40 bits per heavy atom. The summed E-state index contributed by atoms with van der Waals surface area (Å²) in [5.74, 6) is 0. The lowest BCUT2D eigenvalue weighted by molar-refractivity contribution is 0.650. The molecular weight excluding hydrogens is 128 g/mol. The fourth-order valence-corrected chi connectivity index (χ4v) is 0.312. The van der Waals surface area contributed by atoms with Crippen molar-refractivity contribution in [1.29, 1.82) is 15.8 Å². The average Bonchev–Trinajstić information content (AvgIpc) is 1.95. The van der Waals surface area contributed by atoms with E-state index in [-0.39, 0.29) is 12.6 Å². The molecule has 0 rings (SSSR count). The summed E-state index contributed by atoms with van der Waals surface area (Å²) in [6.07, 6.45) is 0.260. The maximum Gasteiger partial charge on any atom is 0.228 e. The third kappa shape index (κ3) is 1.74. The normalized spacial score (nSPS) is 7.80. The van der Waals surface area contributed by atoms with Crippen molar-refractivity contribution in [2.75, 3.05) is 0 Å². The predicted molar refractivity (Wildman–Crippen MR) is 34.6 cm³/mol. The van der Waals surface area contributed by atoms with Crippen LogP contribution in [0.25, 0.3) is 0 Å². The Bertz CT molecular complexity index is 175. The molecule has 52 valence electrons. The second-order valence-electron chi connectivity index (χ2n) is 1.59. The summed E-state index contributed by atoms with van der Waals surface area (Å²) in [6.45, 7) is 1.63. The molecule has 0 aliphatic carbocycles. The topological polar surface area (TPSA) is 106 Å². The van der Waals surface area contributed by atoms with Crippen LogP contribution in [0.3, 0.4) is 0 Å². The highest BCUT2D eigenvalue weighted by Crippen LogP contribution is 2.16. The molecule has 0 aliphatic rings. The quantitative estimate of drug-likeness (QED) is 0.582. The first kappa shape index (κ1) is 11.3. The molecule has 0 aromatic heterocycles. The van der Waals surface area contributed by atoms with Gasteiger partial charge in [0.2, 0.25) is 5.41 Å². The maximum atomic E-state index is 8.28. The van der Waals surface area contributed by atoms with Gasteiger partial charge in [0.15, 0.2) is 0 Å². The van der Waals surface area contributed by atoms with Gasteiger partial charge in [0.25, 0.3) is 0 Å². The van der Waals surface area contributed by atoms with Gasteiger partial charge in [-0.25, -0.2) is 0 Å². The fraction of sp³-hybridized carbons (Fsp3) is 0.500. The Morgan fingerprint density at radius 2 is 1.40 bits per heavy atom. The largest absolute Gasteiger partial charge is 0.344 e. The molecule has 10 heavy (non-hydrogen) atoms. The molecule has 4 nitrogen and oxygen atoms in total. The minimum atomic E-state index is -1.42. The lowest BCUT2D eigenvalue weighted by Crippen LogP contribution is -2.10. The van der Waals surface area contributed by atoms with Crippen LogP contribution >= 0.6 is 0 Å². The molecule has 0 saturated heterocycles. The number of hydrogen-bond acceptors (Lipinski definition) is 4. The third-order valence-corrected chi connectivity index (χ3v) is 1.10. The second kappa shape index (κ2) is 4.32. The van der Waals surface area contributed by atoms with Crippen molar-refractivity contribution in [2.45, 2.75) is 13.3 Å². The van der Waals surface area contributed by atoms with Gasteiger partial charge >= 0.3 is 0 Å². The summed E-state index contributed by atoms with van der Waals surface area (Å²) in [5.41, 5.74) is -1.42. The highest BCUT2D eigenvalue weighted by Gasteiger charge is 2.26. The molecular formula is C6H8N4. The minimum absolute atomic E-state index is 0. The van der Waals surface area contributed by atoms with E-state index in [1.807, 2.05) is 0 Å². The first-order valence-corrected chi connectivity index (χ1v) is 2.48. The predicted octanol–water partition coefficient (Wildman–Crippen LogP) is 1.12. The summed E-state index contributed by atoms with van der Waals surface area (Å²) >= 11 is 0. The molecule has 0 amide bonds. The molecule has 4 heteroatoms. The van der Waals surface area contributed by atoms with Crippen molar-refractivity contribution in [3.8, 4) is 18.2 Å². The molecule has 0 saturated carbocycles. The first-order valence-electron chi connectivity index (χ1n) is 2.48. The molecule has 0 bridgehead atoms. The van der Waals surface area contributed by atoms with Crippen molar-refractivity contribution in [2.24, 2.45) is 5.41 Å². The highest BCUT2D eigenvalue weighted by molar-refractivity contribution is 5.24. The smallest absolute Gasteiger partial charge is 0.228 e. The van der Waals surface area contributed by atoms with E-state index < -0.39 is 5.41 Å². The summed E-state index contributed by atoms with van der Waals surface area (Å²) in [6, 6.07) is 4.93. The standard InChI is InChI=1S/C6H5N3.H3N/c1-2-6(3-7,4-8)5-9;/h2H2,1H3;1H3. The summed E-state index contributed by atoms with van der Waals surface area (Å²) < 4.78 is 0. The molecule has 0 unspecified atom stereocenters. The van der Waals surface area contributed by atoms with Crippen LogP contribution in [0.1, 0.15) is 13.3 Å². The van der Waals surface area contributed by atoms with E-state index in [1.165, 1.54) is 0 Å². The van der Waals surface area contributed by atoms with E-state index in [2.05, 4.69) is 0 Å². The van der Waals surface area contributed by atoms with Crippen molar-refractivity contribution >= 4 is 0 Å². The van der Waals surface area contributed by atoms with Gasteiger partial charge in [0, 0.05) is 0 Å². The Hall–Kier alpha value is -1.57. The van der Waals surface area contributed by atoms with Crippen LogP contribution in [0.5, 0.6) is 0 Å². The van der Waals surface area contributed by atoms with Crippen LogP contribution in [-0.4, -0.2) is 0 Å². The summed E-state index contributed by atoms with van der Waals surface area (Å²) in [4.78, 5) is 0. The molecule has 0 aromatic rings. The Kier molecular flexibility index (Phi) is 4.87. The molecule has 0 fully saturated rings. The van der Waals surface area contributed by atoms with Crippen LogP contribution in [0.15, 0.2) is 0 Å². The monoisotopic (exact) mass is 136 g/mol. The summed E-state index contributed by atoms with van der Waals surface area (Å²) in [5, 5.41) is 24.8. The Morgan fingerprint density at radius 1 is 1.10 bits per heavy atom. The van der Waals surface area contributed by atoms with E-state index in [0.717, 1.165) is 0 Å². The average molecular weight is 136 g/mol. The van der Waals surface area contributed by atoms with Gasteiger partial charge in [-0.3, -0.25) is 0 Å². The zero-order valence-electron chi connectivity index (χ0n) is 5.76. The summed E-state index contributed by atoms with van der Waals surface area (Å²) in [7, 11) is 0. The zero-order chi connectivity index (χ0) is 7.33. The van der Waals surface area contributed by atoms with Gasteiger partial charge in [-0.1, -0.05) is 6.92 Å². The minimum Gasteiger partial charge on any atom is -0.344 e. The zero-order valence-corrected chi connectivity index (χ0v) is 5.76. The van der Waals surface area contributed by atoms with Gasteiger partial charge in [0.05, 0.1) is 0 Å². The first-order chi connectivity index (χ1) is 4.24. The van der Waals surface area contributed by atoms with Crippen molar-refractivity contribution in [3.63, 3.8) is 0 Å². The van der Waals surface area contributed by atoms with Crippen molar-refractivity contribution in [1.82, 2.24) is 6.15 Å². The maximum absolute atomic E-state index is 8.28. The van der Waals surface area contributed by atoms with Crippen LogP contribution in [0, 0.1) is 39.4 Å². The molecule has 0 aromatic carbocycles. The van der Waals surface area contributed by atoms with Crippen molar-refractivity contribution in [3.05, 3.63) is 0 Å². The third-order valence-electron chi connectivity index (χ3n) is 1.10. The number of hydrogen-bond donors (Lipinski definition) is 1. The van der Waals surface area contributed by atoms with Crippen LogP contribution < -0.4 is 6.15 Å². The molecule has 0 atom stereocenters. The number of rotatable bonds is 1. The fourth-order valence-electron chi connectivity index (χ4n) is 0.312. The lowest BCUT2D eigenvalue weighted by Gasteiger charge is -2.01. The second-order valence-corrected chi connectivity index (χ2v) is 1.59. The van der Waals surface area contributed by atoms with E-state index in [4.69, 9.17) is 15.8 Å². The van der Waals surface area contributed by atoms with Gasteiger partial charge in [-0.15, -0.1) is 0 Å². The Labute approximate surface area is 59.9 Å². The molecule has 0 aliphatic heterocycles. The van der Waals surface area contributed by atoms with Gasteiger partial charge in [-0.2, -0.15) is 15.8 Å². The number of nitrogens with zero attached hydrogens (tertiary/aromatic N) is 3. The van der Waals surface area contributed by atoms with Crippen LogP contribution in [0.4, 0.5) is 0 Å². The lowest BCUT2D eigenvalue weighted by atomic mass is 9.91. The molecule has 3 N–H and O–H groups in total. The van der Waals surface area contributed by atoms with Crippen LogP contribution in [0.2, 0.25) is 0 Å². The van der Waals surface area contributed by atoms with E-state index in [9.17, 15) is 0 Å². The van der Waals surface area contributed by atoms with E-state index in [1.54, 1.807) is 25.1 Å². The van der Waals surface area contributed by atoms with Gasteiger partial charge in [-0.05, 0) is 6.42 Å². The van der Waals surface area contributed by atoms with Crippen molar-refractivity contribution < 1.29 is 0 Å². The van der Waals surface area contributed by atoms with E-state index >= 15 is 0 Å². The molecule has 0 heterocycles. The molecule has 0 radical (unpaired) electrons. The Balaban J connectivity index is 0. The van der Waals surface area contributed by atoms with Crippen LogP contribution in [-0.2, 0) is 0 Å².